The Hall–Kier alpha value is -1.18. The second-order valence-electron chi connectivity index (χ2n) is 5.35. The summed E-state index contributed by atoms with van der Waals surface area (Å²) in [6.07, 6.45) is 2.07. The molecule has 0 saturated carbocycles. The van der Waals surface area contributed by atoms with Crippen molar-refractivity contribution >= 4 is 39.9 Å². The first-order valence-electron chi connectivity index (χ1n) is 6.91. The second-order valence-corrected chi connectivity index (χ2v) is 6.21. The molecule has 0 spiro atoms. The summed E-state index contributed by atoms with van der Waals surface area (Å²) in [5.74, 6) is -0.0522. The quantitative estimate of drug-likeness (QED) is 0.609. The number of rotatable bonds is 4. The maximum absolute atomic E-state index is 12.1. The molecule has 1 aliphatic heterocycles. The van der Waals surface area contributed by atoms with Crippen LogP contribution in [0.5, 0.6) is 0 Å². The van der Waals surface area contributed by atoms with Crippen molar-refractivity contribution in [2.75, 3.05) is 6.54 Å². The molecular formula is C14H19BrClN3O3. The van der Waals surface area contributed by atoms with Gasteiger partial charge in [-0.15, -0.1) is 12.4 Å². The first-order chi connectivity index (χ1) is 9.95. The monoisotopic (exact) mass is 391 g/mol. The fourth-order valence-corrected chi connectivity index (χ4v) is 3.01. The smallest absolute Gasteiger partial charge is 0.270 e. The first kappa shape index (κ1) is 18.9. The second kappa shape index (κ2) is 8.45. The minimum absolute atomic E-state index is 0. The summed E-state index contributed by atoms with van der Waals surface area (Å²) in [5, 5.41) is 17.0. The highest BCUT2D eigenvalue weighted by atomic mass is 79.9. The average molecular weight is 393 g/mol. The Balaban J connectivity index is 0.00000242. The average Bonchev–Trinajstić information content (AvgIpc) is 2.40. The van der Waals surface area contributed by atoms with Crippen LogP contribution in [0.25, 0.3) is 0 Å². The highest BCUT2D eigenvalue weighted by molar-refractivity contribution is 9.10. The number of benzene rings is 1. The van der Waals surface area contributed by atoms with E-state index in [1.54, 1.807) is 6.07 Å². The number of nitrogens with one attached hydrogen (secondary N) is 2. The van der Waals surface area contributed by atoms with Crippen LogP contribution in [0, 0.1) is 10.1 Å². The molecule has 0 aromatic heterocycles. The number of halogens is 2. The van der Waals surface area contributed by atoms with Crippen molar-refractivity contribution in [3.63, 3.8) is 0 Å². The van der Waals surface area contributed by atoms with E-state index < -0.39 is 4.92 Å². The lowest BCUT2D eigenvalue weighted by atomic mass is 10.0. The van der Waals surface area contributed by atoms with Crippen molar-refractivity contribution in [1.29, 1.82) is 0 Å². The van der Waals surface area contributed by atoms with E-state index in [1.165, 1.54) is 12.1 Å². The van der Waals surface area contributed by atoms with Gasteiger partial charge in [0.05, 0.1) is 11.3 Å². The van der Waals surface area contributed by atoms with Gasteiger partial charge in [0.2, 0.25) is 5.91 Å². The van der Waals surface area contributed by atoms with Gasteiger partial charge in [0.1, 0.15) is 0 Å². The zero-order valence-electron chi connectivity index (χ0n) is 12.2. The Morgan fingerprint density at radius 3 is 2.86 bits per heavy atom. The van der Waals surface area contributed by atoms with E-state index in [0.29, 0.717) is 10.5 Å². The third-order valence-electron chi connectivity index (χ3n) is 3.59. The Kier molecular flexibility index (Phi) is 7.25. The number of carbonyl (C=O) groups excluding carboxylic acids is 1. The van der Waals surface area contributed by atoms with Gasteiger partial charge in [0, 0.05) is 28.7 Å². The van der Waals surface area contributed by atoms with Crippen LogP contribution in [-0.4, -0.2) is 29.5 Å². The van der Waals surface area contributed by atoms with Crippen LogP contribution in [-0.2, 0) is 11.2 Å². The topological polar surface area (TPSA) is 84.3 Å². The van der Waals surface area contributed by atoms with E-state index in [2.05, 4.69) is 33.5 Å². The molecule has 2 unspecified atom stereocenters. The maximum Gasteiger partial charge on any atom is 0.270 e. The molecule has 8 heteroatoms. The lowest BCUT2D eigenvalue weighted by Gasteiger charge is -2.28. The summed E-state index contributed by atoms with van der Waals surface area (Å²) >= 11 is 3.28. The molecule has 1 aromatic rings. The number of nitrogens with zero attached hydrogens (tertiary/aromatic N) is 1. The van der Waals surface area contributed by atoms with Gasteiger partial charge in [-0.25, -0.2) is 0 Å². The van der Waals surface area contributed by atoms with Gasteiger partial charge >= 0.3 is 0 Å². The third kappa shape index (κ3) is 5.23. The lowest BCUT2D eigenvalue weighted by Crippen LogP contribution is -2.46. The standard InChI is InChI=1S/C14H18BrN3O3.ClH/c1-9-6-11(4-5-16-9)17-14(19)7-10-2-3-12(18(20)21)8-13(10)15;/h2-3,8-9,11,16H,4-7H2,1H3,(H,17,19);1H. The van der Waals surface area contributed by atoms with E-state index >= 15 is 0 Å². The summed E-state index contributed by atoms with van der Waals surface area (Å²) in [4.78, 5) is 22.3. The molecule has 1 heterocycles. The van der Waals surface area contributed by atoms with Gasteiger partial charge in [-0.3, -0.25) is 14.9 Å². The summed E-state index contributed by atoms with van der Waals surface area (Å²) < 4.78 is 0.588. The van der Waals surface area contributed by atoms with Crippen molar-refractivity contribution in [1.82, 2.24) is 10.6 Å². The van der Waals surface area contributed by atoms with Crippen molar-refractivity contribution in [3.8, 4) is 0 Å². The van der Waals surface area contributed by atoms with E-state index in [9.17, 15) is 14.9 Å². The number of nitro groups is 1. The molecule has 0 bridgehead atoms. The Morgan fingerprint density at radius 1 is 1.55 bits per heavy atom. The lowest BCUT2D eigenvalue weighted by molar-refractivity contribution is -0.384. The van der Waals surface area contributed by atoms with Crippen molar-refractivity contribution in [2.24, 2.45) is 0 Å². The number of piperidine rings is 1. The van der Waals surface area contributed by atoms with Crippen LogP contribution < -0.4 is 10.6 Å². The van der Waals surface area contributed by atoms with Gasteiger partial charge in [0.25, 0.3) is 5.69 Å². The molecule has 0 aliphatic carbocycles. The minimum Gasteiger partial charge on any atom is -0.353 e. The predicted molar refractivity (Wildman–Crippen MR) is 90.4 cm³/mol. The molecule has 2 atom stereocenters. The number of carbonyl (C=O) groups is 1. The summed E-state index contributed by atoms with van der Waals surface area (Å²) in [5.41, 5.74) is 0.762. The van der Waals surface area contributed by atoms with Gasteiger partial charge in [-0.05, 0) is 31.9 Å². The highest BCUT2D eigenvalue weighted by Crippen LogP contribution is 2.23. The van der Waals surface area contributed by atoms with Crippen LogP contribution in [0.15, 0.2) is 22.7 Å². The largest absolute Gasteiger partial charge is 0.353 e. The fourth-order valence-electron chi connectivity index (χ4n) is 2.51. The molecular weight excluding hydrogens is 374 g/mol. The number of amides is 1. The zero-order chi connectivity index (χ0) is 15.4. The van der Waals surface area contributed by atoms with Crippen LogP contribution in [0.3, 0.4) is 0 Å². The normalized spacial score (nSPS) is 20.8. The van der Waals surface area contributed by atoms with Crippen molar-refractivity contribution < 1.29 is 9.72 Å². The van der Waals surface area contributed by atoms with Crippen LogP contribution in [0.2, 0.25) is 0 Å². The van der Waals surface area contributed by atoms with E-state index in [4.69, 9.17) is 0 Å². The highest BCUT2D eigenvalue weighted by Gasteiger charge is 2.20. The molecule has 122 valence electrons. The van der Waals surface area contributed by atoms with Gasteiger partial charge in [-0.1, -0.05) is 22.0 Å². The Morgan fingerprint density at radius 2 is 2.27 bits per heavy atom. The number of hydrogen-bond acceptors (Lipinski definition) is 4. The molecule has 1 aromatic carbocycles. The first-order valence-corrected chi connectivity index (χ1v) is 7.70. The van der Waals surface area contributed by atoms with Crippen molar-refractivity contribution in [2.45, 2.75) is 38.3 Å². The number of hydrogen-bond donors (Lipinski definition) is 2. The molecule has 6 nitrogen and oxygen atoms in total. The maximum atomic E-state index is 12.1. The van der Waals surface area contributed by atoms with Gasteiger partial charge < -0.3 is 10.6 Å². The summed E-state index contributed by atoms with van der Waals surface area (Å²) in [6, 6.07) is 5.07. The van der Waals surface area contributed by atoms with Crippen LogP contribution in [0.1, 0.15) is 25.3 Å². The molecule has 1 aliphatic rings. The zero-order valence-corrected chi connectivity index (χ0v) is 14.6. The molecule has 2 rings (SSSR count). The summed E-state index contributed by atoms with van der Waals surface area (Å²) in [6.45, 7) is 3.01. The van der Waals surface area contributed by atoms with E-state index in [0.717, 1.165) is 24.9 Å². The third-order valence-corrected chi connectivity index (χ3v) is 4.33. The van der Waals surface area contributed by atoms with Gasteiger partial charge in [-0.2, -0.15) is 0 Å². The number of non-ortho nitro benzene ring substituents is 1. The van der Waals surface area contributed by atoms with Gasteiger partial charge in [0.15, 0.2) is 0 Å². The van der Waals surface area contributed by atoms with Crippen LogP contribution in [0.4, 0.5) is 5.69 Å². The van der Waals surface area contributed by atoms with E-state index in [1.807, 2.05) is 0 Å². The van der Waals surface area contributed by atoms with E-state index in [-0.39, 0.29) is 36.5 Å². The summed E-state index contributed by atoms with van der Waals surface area (Å²) in [7, 11) is 0. The Labute approximate surface area is 143 Å². The predicted octanol–water partition coefficient (Wildman–Crippen LogP) is 2.58. The molecule has 1 saturated heterocycles. The molecule has 1 fully saturated rings. The van der Waals surface area contributed by atoms with Crippen molar-refractivity contribution in [3.05, 3.63) is 38.3 Å². The van der Waals surface area contributed by atoms with Crippen LogP contribution >= 0.6 is 28.3 Å². The molecule has 2 N–H and O–H groups in total. The SMILES string of the molecule is CC1CC(NC(=O)Cc2ccc([N+](=O)[O-])cc2Br)CCN1.Cl. The fraction of sp³-hybridized carbons (Fsp3) is 0.500. The molecule has 1 amide bonds. The molecule has 0 radical (unpaired) electrons. The Bertz CT molecular complexity index is 556. The number of nitro benzene ring substituents is 1. The molecule has 22 heavy (non-hydrogen) atoms. The minimum atomic E-state index is -0.453.